The number of aromatic hydroxyl groups is 2. The SMILES string of the molecule is Cc1c(F)cc([N+](=O)[O-])c(O)c1C(=O)Oc1ccccc1.Cc1c(F)ccc(O)c1C(=O)Oc1ccccc1.O=[N+]([O-])O. The van der Waals surface area contributed by atoms with E-state index in [0.29, 0.717) is 11.8 Å². The third-order valence-electron chi connectivity index (χ3n) is 5.37. The number of para-hydroxylation sites is 2. The van der Waals surface area contributed by atoms with Crippen LogP contribution in [-0.4, -0.2) is 37.4 Å². The minimum Gasteiger partial charge on any atom is -0.507 e. The van der Waals surface area contributed by atoms with Crippen molar-refractivity contribution in [1.29, 1.82) is 0 Å². The minimum absolute atomic E-state index is 0.0657. The smallest absolute Gasteiger partial charge is 0.347 e. The lowest BCUT2D eigenvalue weighted by Crippen LogP contribution is -2.12. The first kappa shape index (κ1) is 33.1. The number of carbonyl (C=O) groups excluding carboxylic acids is 2. The van der Waals surface area contributed by atoms with E-state index in [1.807, 2.05) is 0 Å². The maximum absolute atomic E-state index is 13.7. The van der Waals surface area contributed by atoms with Crippen LogP contribution in [-0.2, 0) is 0 Å². The molecule has 0 atom stereocenters. The summed E-state index contributed by atoms with van der Waals surface area (Å²) in [5.74, 6) is -4.09. The molecule has 4 aromatic carbocycles. The van der Waals surface area contributed by atoms with Crippen LogP contribution < -0.4 is 9.47 Å². The van der Waals surface area contributed by atoms with Crippen molar-refractivity contribution in [3.63, 3.8) is 0 Å². The third-order valence-corrected chi connectivity index (χ3v) is 5.37. The maximum atomic E-state index is 13.7. The Morgan fingerprint density at radius 2 is 1.14 bits per heavy atom. The number of halogens is 2. The van der Waals surface area contributed by atoms with Crippen LogP contribution in [0.2, 0.25) is 0 Å². The van der Waals surface area contributed by atoms with E-state index >= 15 is 0 Å². The zero-order valence-corrected chi connectivity index (χ0v) is 22.3. The first-order chi connectivity index (χ1) is 20.2. The Bertz CT molecular complexity index is 1630. The molecule has 3 N–H and O–H groups in total. The standard InChI is InChI=1S/C14H10FNO5.C14H11FO3.HNO3/c1-8-10(15)7-11(16(19)20)13(17)12(8)14(18)21-9-5-3-2-4-6-9;1-9-11(15)7-8-12(16)13(9)14(17)18-10-5-3-2-4-6-10;2-1(3)4/h2-7,17H,1H3;2-8,16H,1H3;(H,2,3,4). The largest absolute Gasteiger partial charge is 0.507 e. The third kappa shape index (κ3) is 9.21. The average Bonchev–Trinajstić information content (AvgIpc) is 2.94. The van der Waals surface area contributed by atoms with Gasteiger partial charge in [0.1, 0.15) is 40.0 Å². The number of rotatable bonds is 5. The molecule has 0 saturated heterocycles. The van der Waals surface area contributed by atoms with E-state index in [4.69, 9.17) is 24.8 Å². The van der Waals surface area contributed by atoms with Crippen LogP contribution in [0.25, 0.3) is 0 Å². The number of phenolic OH excluding ortho intramolecular Hbond substituents is 2. The summed E-state index contributed by atoms with van der Waals surface area (Å²) in [6.45, 7) is 2.64. The molecule has 0 heterocycles. The van der Waals surface area contributed by atoms with Crippen molar-refractivity contribution in [1.82, 2.24) is 0 Å². The molecule has 0 aliphatic rings. The van der Waals surface area contributed by atoms with Gasteiger partial charge in [-0.2, -0.15) is 0 Å². The molecule has 0 unspecified atom stereocenters. The first-order valence-electron chi connectivity index (χ1n) is 11.8. The second kappa shape index (κ2) is 15.0. The van der Waals surface area contributed by atoms with Gasteiger partial charge in [-0.1, -0.05) is 36.4 Å². The van der Waals surface area contributed by atoms with Gasteiger partial charge in [-0.05, 0) is 50.2 Å². The summed E-state index contributed by atoms with van der Waals surface area (Å²) in [6, 6.07) is 19.1. The molecule has 0 bridgehead atoms. The summed E-state index contributed by atoms with van der Waals surface area (Å²) in [5.41, 5.74) is -1.77. The number of hydrogen-bond donors (Lipinski definition) is 3. The quantitative estimate of drug-likeness (QED) is 0.110. The van der Waals surface area contributed by atoms with Gasteiger partial charge < -0.3 is 24.9 Å². The summed E-state index contributed by atoms with van der Waals surface area (Å²) in [7, 11) is 0. The van der Waals surface area contributed by atoms with Crippen molar-refractivity contribution in [2.24, 2.45) is 0 Å². The fourth-order valence-electron chi connectivity index (χ4n) is 3.33. The molecule has 43 heavy (non-hydrogen) atoms. The molecular formula is C28H22F2N2O11. The Morgan fingerprint density at radius 1 is 0.721 bits per heavy atom. The number of hydrogen-bond acceptors (Lipinski definition) is 10. The zero-order valence-electron chi connectivity index (χ0n) is 22.3. The fourth-order valence-corrected chi connectivity index (χ4v) is 3.33. The summed E-state index contributed by atoms with van der Waals surface area (Å²) in [6.07, 6.45) is 0. The second-order valence-corrected chi connectivity index (χ2v) is 8.19. The number of benzene rings is 4. The van der Waals surface area contributed by atoms with Gasteiger partial charge in [0.25, 0.3) is 5.09 Å². The van der Waals surface area contributed by atoms with Crippen LogP contribution in [0.5, 0.6) is 23.0 Å². The lowest BCUT2D eigenvalue weighted by atomic mass is 10.1. The van der Waals surface area contributed by atoms with E-state index in [1.165, 1.54) is 26.0 Å². The highest BCUT2D eigenvalue weighted by atomic mass is 19.1. The van der Waals surface area contributed by atoms with E-state index in [1.54, 1.807) is 48.5 Å². The van der Waals surface area contributed by atoms with Crippen molar-refractivity contribution in [3.8, 4) is 23.0 Å². The Hall–Kier alpha value is -6.12. The number of carbonyl (C=O) groups is 2. The monoisotopic (exact) mass is 600 g/mol. The Morgan fingerprint density at radius 3 is 1.58 bits per heavy atom. The fraction of sp³-hybridized carbons (Fsp3) is 0.0714. The van der Waals surface area contributed by atoms with Gasteiger partial charge in [-0.3, -0.25) is 10.1 Å². The second-order valence-electron chi connectivity index (χ2n) is 8.19. The highest BCUT2D eigenvalue weighted by Gasteiger charge is 2.28. The van der Waals surface area contributed by atoms with Gasteiger partial charge in [0, 0.05) is 11.1 Å². The molecule has 13 nitrogen and oxygen atoms in total. The normalized spacial score (nSPS) is 9.77. The molecular weight excluding hydrogens is 578 g/mol. The molecule has 0 fully saturated rings. The lowest BCUT2D eigenvalue weighted by Gasteiger charge is -2.09. The minimum atomic E-state index is -1.50. The van der Waals surface area contributed by atoms with Gasteiger partial charge in [-0.25, -0.2) is 18.4 Å². The molecule has 4 rings (SSSR count). The summed E-state index contributed by atoms with van der Waals surface area (Å²) in [4.78, 5) is 42.0. The Kier molecular flexibility index (Phi) is 11.6. The molecule has 0 spiro atoms. The van der Waals surface area contributed by atoms with E-state index in [-0.39, 0.29) is 28.2 Å². The molecule has 4 aromatic rings. The van der Waals surface area contributed by atoms with Crippen LogP contribution in [0.1, 0.15) is 31.8 Å². The Labute approximate surface area is 241 Å². The van der Waals surface area contributed by atoms with Crippen LogP contribution in [0.3, 0.4) is 0 Å². The predicted octanol–water partition coefficient (Wildman–Crippen LogP) is 5.68. The molecule has 0 saturated carbocycles. The number of esters is 2. The van der Waals surface area contributed by atoms with Gasteiger partial charge in [-0.15, -0.1) is 10.1 Å². The molecule has 0 aliphatic heterocycles. The highest BCUT2D eigenvalue weighted by molar-refractivity contribution is 5.97. The summed E-state index contributed by atoms with van der Waals surface area (Å²) < 4.78 is 37.0. The van der Waals surface area contributed by atoms with Crippen molar-refractivity contribution in [2.75, 3.05) is 0 Å². The van der Waals surface area contributed by atoms with Crippen LogP contribution in [0.15, 0.2) is 78.9 Å². The number of nitro groups is 1. The Balaban J connectivity index is 0.000000269. The maximum Gasteiger partial charge on any atom is 0.347 e. The number of ether oxygens (including phenoxy) is 2. The van der Waals surface area contributed by atoms with E-state index in [0.717, 1.165) is 12.1 Å². The number of nitrogens with zero attached hydrogens (tertiary/aromatic N) is 2. The van der Waals surface area contributed by atoms with Crippen molar-refractivity contribution < 1.29 is 53.3 Å². The van der Waals surface area contributed by atoms with Crippen LogP contribution in [0, 0.1) is 45.7 Å². The molecule has 0 amide bonds. The first-order valence-corrected chi connectivity index (χ1v) is 11.8. The molecule has 0 radical (unpaired) electrons. The van der Waals surface area contributed by atoms with Gasteiger partial charge in [0.2, 0.25) is 5.75 Å². The lowest BCUT2D eigenvalue weighted by molar-refractivity contribution is -0.742. The molecule has 224 valence electrons. The van der Waals surface area contributed by atoms with Crippen molar-refractivity contribution >= 4 is 17.6 Å². The van der Waals surface area contributed by atoms with Crippen LogP contribution >= 0.6 is 0 Å². The van der Waals surface area contributed by atoms with Crippen molar-refractivity contribution in [2.45, 2.75) is 13.8 Å². The predicted molar refractivity (Wildman–Crippen MR) is 144 cm³/mol. The highest BCUT2D eigenvalue weighted by Crippen LogP contribution is 2.34. The van der Waals surface area contributed by atoms with E-state index in [9.17, 15) is 38.7 Å². The summed E-state index contributed by atoms with van der Waals surface area (Å²) >= 11 is 0. The molecule has 15 heteroatoms. The van der Waals surface area contributed by atoms with Gasteiger partial charge >= 0.3 is 17.6 Å². The number of nitro benzene ring substituents is 1. The van der Waals surface area contributed by atoms with Crippen molar-refractivity contribution in [3.05, 3.63) is 133 Å². The van der Waals surface area contributed by atoms with E-state index in [2.05, 4.69) is 0 Å². The molecule has 0 aliphatic carbocycles. The van der Waals surface area contributed by atoms with E-state index < -0.39 is 50.6 Å². The van der Waals surface area contributed by atoms with Gasteiger partial charge in [0.05, 0.1) is 11.0 Å². The van der Waals surface area contributed by atoms with Crippen LogP contribution in [0.4, 0.5) is 14.5 Å². The topological polar surface area (TPSA) is 200 Å². The average molecular weight is 600 g/mol. The summed E-state index contributed by atoms with van der Waals surface area (Å²) in [5, 5.41) is 43.8. The zero-order chi connectivity index (χ0) is 32.3. The van der Waals surface area contributed by atoms with Gasteiger partial charge in [0.15, 0.2) is 0 Å². The number of phenols is 2. The molecule has 0 aromatic heterocycles.